The van der Waals surface area contributed by atoms with Gasteiger partial charge in [0.25, 0.3) is 0 Å². The van der Waals surface area contributed by atoms with Crippen LogP contribution < -0.4 is 5.32 Å². The number of amides is 2. The van der Waals surface area contributed by atoms with Gasteiger partial charge in [-0.15, -0.1) is 0 Å². The summed E-state index contributed by atoms with van der Waals surface area (Å²) in [4.78, 5) is 27.0. The quantitative estimate of drug-likeness (QED) is 0.667. The van der Waals surface area contributed by atoms with Crippen molar-refractivity contribution in [3.63, 3.8) is 0 Å². The first kappa shape index (κ1) is 22.3. The third-order valence-corrected chi connectivity index (χ3v) is 5.36. The van der Waals surface area contributed by atoms with Crippen molar-refractivity contribution in [2.45, 2.75) is 46.2 Å². The Bertz CT molecular complexity index is 802. The molecule has 2 rings (SSSR count). The van der Waals surface area contributed by atoms with Crippen molar-refractivity contribution >= 4 is 35.0 Å². The fraction of sp³-hybridized carbons (Fsp3) is 0.364. The van der Waals surface area contributed by atoms with Crippen LogP contribution in [0.15, 0.2) is 42.5 Å². The van der Waals surface area contributed by atoms with Crippen molar-refractivity contribution in [1.29, 1.82) is 0 Å². The number of aryl methyl sites for hydroxylation is 2. The van der Waals surface area contributed by atoms with Crippen LogP contribution in [0.5, 0.6) is 0 Å². The van der Waals surface area contributed by atoms with Gasteiger partial charge in [-0.3, -0.25) is 9.59 Å². The molecular formula is C22H26Cl2N2O2. The van der Waals surface area contributed by atoms with Gasteiger partial charge in [0.2, 0.25) is 11.8 Å². The topological polar surface area (TPSA) is 49.4 Å². The average molecular weight is 421 g/mol. The molecule has 0 spiro atoms. The van der Waals surface area contributed by atoms with E-state index < -0.39 is 6.04 Å². The number of hydrogen-bond donors (Lipinski definition) is 1. The third-order valence-electron chi connectivity index (χ3n) is 4.66. The molecule has 0 unspecified atom stereocenters. The molecule has 0 aliphatic carbocycles. The lowest BCUT2D eigenvalue weighted by molar-refractivity contribution is -0.140. The maximum absolute atomic E-state index is 13.0. The first-order valence-electron chi connectivity index (χ1n) is 9.39. The number of likely N-dealkylation sites (N-methyl/N-ethyl adjacent to an activating group) is 1. The van der Waals surface area contributed by atoms with Gasteiger partial charge in [0, 0.05) is 35.1 Å². The van der Waals surface area contributed by atoms with Crippen LogP contribution in [0.4, 0.5) is 0 Å². The molecule has 2 aromatic carbocycles. The van der Waals surface area contributed by atoms with Gasteiger partial charge < -0.3 is 10.2 Å². The predicted molar refractivity (Wildman–Crippen MR) is 115 cm³/mol. The highest BCUT2D eigenvalue weighted by Gasteiger charge is 2.26. The lowest BCUT2D eigenvalue weighted by Gasteiger charge is -2.29. The fourth-order valence-corrected chi connectivity index (χ4v) is 3.42. The molecule has 0 aliphatic rings. The van der Waals surface area contributed by atoms with E-state index in [2.05, 4.69) is 5.32 Å². The van der Waals surface area contributed by atoms with E-state index >= 15 is 0 Å². The highest BCUT2D eigenvalue weighted by atomic mass is 35.5. The van der Waals surface area contributed by atoms with E-state index in [0.29, 0.717) is 35.0 Å². The minimum atomic E-state index is -0.627. The van der Waals surface area contributed by atoms with E-state index in [1.54, 1.807) is 30.0 Å². The van der Waals surface area contributed by atoms with E-state index in [-0.39, 0.29) is 18.4 Å². The molecule has 0 bridgehead atoms. The molecule has 2 amide bonds. The summed E-state index contributed by atoms with van der Waals surface area (Å²) in [7, 11) is 0. The first-order valence-corrected chi connectivity index (χ1v) is 10.1. The van der Waals surface area contributed by atoms with Crippen LogP contribution >= 0.6 is 23.2 Å². The number of rotatable bonds is 8. The number of hydrogen-bond acceptors (Lipinski definition) is 2. The van der Waals surface area contributed by atoms with Crippen molar-refractivity contribution in [2.75, 3.05) is 6.54 Å². The van der Waals surface area contributed by atoms with Crippen LogP contribution in [0.1, 0.15) is 37.0 Å². The van der Waals surface area contributed by atoms with Crippen LogP contribution in [0, 0.1) is 6.92 Å². The summed E-state index contributed by atoms with van der Waals surface area (Å²) < 4.78 is 0. The molecule has 1 atom stereocenters. The van der Waals surface area contributed by atoms with Crippen LogP contribution in [0.2, 0.25) is 10.0 Å². The molecule has 0 aromatic heterocycles. The molecule has 0 aliphatic heterocycles. The Morgan fingerprint density at radius 3 is 2.25 bits per heavy atom. The molecule has 6 heteroatoms. The molecule has 150 valence electrons. The van der Waals surface area contributed by atoms with Gasteiger partial charge in [-0.05, 0) is 44.9 Å². The van der Waals surface area contributed by atoms with Crippen molar-refractivity contribution in [3.8, 4) is 0 Å². The second-order valence-corrected chi connectivity index (χ2v) is 7.59. The normalized spacial score (nSPS) is 11.8. The SMILES string of the molecule is CCNC(=O)[C@@H](C)N(Cc1c(Cl)cccc1Cl)C(=O)CCc1ccc(C)cc1. The zero-order chi connectivity index (χ0) is 20.7. The monoisotopic (exact) mass is 420 g/mol. The molecule has 2 aromatic rings. The highest BCUT2D eigenvalue weighted by molar-refractivity contribution is 6.36. The molecular weight excluding hydrogens is 395 g/mol. The molecule has 0 saturated heterocycles. The number of carbonyl (C=O) groups is 2. The lowest BCUT2D eigenvalue weighted by Crippen LogP contribution is -2.47. The smallest absolute Gasteiger partial charge is 0.242 e. The van der Waals surface area contributed by atoms with E-state index in [1.807, 2.05) is 38.1 Å². The summed E-state index contributed by atoms with van der Waals surface area (Å²) >= 11 is 12.6. The number of benzene rings is 2. The molecule has 0 saturated carbocycles. The number of halogens is 2. The Labute approximate surface area is 176 Å². The average Bonchev–Trinajstić information content (AvgIpc) is 2.67. The third kappa shape index (κ3) is 5.98. The molecule has 28 heavy (non-hydrogen) atoms. The Morgan fingerprint density at radius 2 is 1.68 bits per heavy atom. The molecule has 1 N–H and O–H groups in total. The molecule has 4 nitrogen and oxygen atoms in total. The largest absolute Gasteiger partial charge is 0.355 e. The van der Waals surface area contributed by atoms with Crippen molar-refractivity contribution in [2.24, 2.45) is 0 Å². The Balaban J connectivity index is 2.20. The maximum Gasteiger partial charge on any atom is 0.242 e. The van der Waals surface area contributed by atoms with Crippen molar-refractivity contribution in [3.05, 3.63) is 69.2 Å². The minimum Gasteiger partial charge on any atom is -0.355 e. The van der Waals surface area contributed by atoms with E-state index in [9.17, 15) is 9.59 Å². The fourth-order valence-electron chi connectivity index (χ4n) is 2.91. The second-order valence-electron chi connectivity index (χ2n) is 6.78. The zero-order valence-corrected chi connectivity index (χ0v) is 18.0. The van der Waals surface area contributed by atoms with Gasteiger partial charge >= 0.3 is 0 Å². The molecule has 0 fully saturated rings. The minimum absolute atomic E-state index is 0.115. The second kappa shape index (κ2) is 10.5. The molecule has 0 heterocycles. The van der Waals surface area contributed by atoms with Gasteiger partial charge in [-0.1, -0.05) is 59.1 Å². The summed E-state index contributed by atoms with van der Waals surface area (Å²) in [5.74, 6) is -0.315. The lowest BCUT2D eigenvalue weighted by atomic mass is 10.1. The highest BCUT2D eigenvalue weighted by Crippen LogP contribution is 2.27. The Kier molecular flexibility index (Phi) is 8.34. The van der Waals surface area contributed by atoms with Crippen LogP contribution in [0.25, 0.3) is 0 Å². The van der Waals surface area contributed by atoms with Crippen LogP contribution in [-0.2, 0) is 22.6 Å². The first-order chi connectivity index (χ1) is 13.3. The molecule has 0 radical (unpaired) electrons. The number of nitrogens with zero attached hydrogens (tertiary/aromatic N) is 1. The zero-order valence-electron chi connectivity index (χ0n) is 16.5. The standard InChI is InChI=1S/C22H26Cl2N2O2/c1-4-25-22(28)16(3)26(14-18-19(23)6-5-7-20(18)24)21(27)13-12-17-10-8-15(2)9-11-17/h5-11,16H,4,12-14H2,1-3H3,(H,25,28)/t16-/m1/s1. The summed E-state index contributed by atoms with van der Waals surface area (Å²) in [5.41, 5.74) is 2.90. The summed E-state index contributed by atoms with van der Waals surface area (Å²) in [5, 5.41) is 3.73. The predicted octanol–water partition coefficient (Wildman–Crippen LogP) is 4.79. The van der Waals surface area contributed by atoms with Gasteiger partial charge in [-0.2, -0.15) is 0 Å². The van der Waals surface area contributed by atoms with Crippen molar-refractivity contribution < 1.29 is 9.59 Å². The maximum atomic E-state index is 13.0. The number of carbonyl (C=O) groups excluding carboxylic acids is 2. The van der Waals surface area contributed by atoms with E-state index in [0.717, 1.165) is 5.56 Å². The summed E-state index contributed by atoms with van der Waals surface area (Å²) in [6.07, 6.45) is 0.906. The van der Waals surface area contributed by atoms with Crippen LogP contribution in [0.3, 0.4) is 0 Å². The van der Waals surface area contributed by atoms with Gasteiger partial charge in [0.15, 0.2) is 0 Å². The van der Waals surface area contributed by atoms with Crippen molar-refractivity contribution in [1.82, 2.24) is 10.2 Å². The van der Waals surface area contributed by atoms with Crippen LogP contribution in [-0.4, -0.2) is 29.3 Å². The van der Waals surface area contributed by atoms with Gasteiger partial charge in [0.1, 0.15) is 6.04 Å². The summed E-state index contributed by atoms with van der Waals surface area (Å²) in [6, 6.07) is 12.7. The van der Waals surface area contributed by atoms with E-state index in [1.165, 1.54) is 5.56 Å². The Hall–Kier alpha value is -2.04. The Morgan fingerprint density at radius 1 is 1.07 bits per heavy atom. The summed E-state index contributed by atoms with van der Waals surface area (Å²) in [6.45, 7) is 6.28. The van der Waals surface area contributed by atoms with Gasteiger partial charge in [-0.25, -0.2) is 0 Å². The number of nitrogens with one attached hydrogen (secondary N) is 1. The van der Waals surface area contributed by atoms with E-state index in [4.69, 9.17) is 23.2 Å². The van der Waals surface area contributed by atoms with Gasteiger partial charge in [0.05, 0.1) is 0 Å².